The van der Waals surface area contributed by atoms with E-state index in [1.54, 1.807) is 0 Å². The van der Waals surface area contributed by atoms with Gasteiger partial charge in [0.2, 0.25) is 0 Å². The smallest absolute Gasteiger partial charge is 0.172 e. The molecule has 1 atom stereocenters. The Labute approximate surface area is 102 Å². The first kappa shape index (κ1) is 13.4. The van der Waals surface area contributed by atoms with Crippen LogP contribution in [0.2, 0.25) is 0 Å². The second kappa shape index (κ2) is 7.58. The van der Waals surface area contributed by atoms with Gasteiger partial charge < -0.3 is 4.74 Å². The van der Waals surface area contributed by atoms with Crippen LogP contribution in [-0.2, 0) is 4.74 Å². The van der Waals surface area contributed by atoms with Crippen molar-refractivity contribution in [3.8, 4) is 0 Å². The lowest BCUT2D eigenvalue weighted by molar-refractivity contribution is 0.0559. The Morgan fingerprint density at radius 1 is 1.56 bits per heavy atom. The molecule has 1 unspecified atom stereocenters. The van der Waals surface area contributed by atoms with Gasteiger partial charge in [0.25, 0.3) is 0 Å². The van der Waals surface area contributed by atoms with Crippen molar-refractivity contribution >= 4 is 17.1 Å². The Kier molecular flexibility index (Phi) is 6.34. The molecule has 0 aliphatic carbocycles. The fraction of sp³-hybridized carbons (Fsp3) is 0.615. The molecular weight excluding hydrogens is 220 g/mol. The second-order valence-corrected chi connectivity index (χ2v) is 4.92. The average Bonchev–Trinajstić information content (AvgIpc) is 2.78. The van der Waals surface area contributed by atoms with E-state index in [4.69, 9.17) is 4.74 Å². The molecule has 0 radical (unpaired) electrons. The summed E-state index contributed by atoms with van der Waals surface area (Å²) in [5.41, 5.74) is 0. The summed E-state index contributed by atoms with van der Waals surface area (Å²) in [4.78, 5) is 12.5. The Hall–Kier alpha value is -0.670. The first-order chi connectivity index (χ1) is 7.74. The maximum Gasteiger partial charge on any atom is 0.172 e. The van der Waals surface area contributed by atoms with Gasteiger partial charge in [-0.05, 0) is 31.2 Å². The van der Waals surface area contributed by atoms with Crippen LogP contribution in [0.25, 0.3) is 0 Å². The van der Waals surface area contributed by atoms with Crippen molar-refractivity contribution in [1.82, 2.24) is 0 Å². The van der Waals surface area contributed by atoms with Gasteiger partial charge in [0.05, 0.1) is 11.0 Å². The van der Waals surface area contributed by atoms with Crippen molar-refractivity contribution in [3.63, 3.8) is 0 Å². The first-order valence-corrected chi connectivity index (χ1v) is 6.80. The molecule has 0 spiro atoms. The molecule has 0 N–H and O–H groups in total. The summed E-state index contributed by atoms with van der Waals surface area (Å²) in [6, 6.07) is 3.80. The number of hydrogen-bond acceptors (Lipinski definition) is 3. The van der Waals surface area contributed by atoms with Crippen LogP contribution in [0.4, 0.5) is 0 Å². The van der Waals surface area contributed by atoms with Crippen LogP contribution in [0.5, 0.6) is 0 Å². The summed E-state index contributed by atoms with van der Waals surface area (Å²) in [5, 5.41) is 1.94. The van der Waals surface area contributed by atoms with E-state index < -0.39 is 0 Å². The molecule has 0 saturated heterocycles. The van der Waals surface area contributed by atoms with Crippen molar-refractivity contribution in [2.24, 2.45) is 0 Å². The quantitative estimate of drug-likeness (QED) is 0.508. The van der Waals surface area contributed by atoms with Crippen LogP contribution in [0.15, 0.2) is 17.5 Å². The Bertz CT molecular complexity index is 293. The molecule has 1 aromatic rings. The lowest BCUT2D eigenvalue weighted by atomic mass is 10.2. The number of ketones is 1. The zero-order valence-corrected chi connectivity index (χ0v) is 10.9. The number of carbonyl (C=O) groups is 1. The van der Waals surface area contributed by atoms with Gasteiger partial charge in [-0.2, -0.15) is 0 Å². The number of thiophene rings is 1. The Morgan fingerprint density at radius 3 is 3.00 bits per heavy atom. The van der Waals surface area contributed by atoms with E-state index in [-0.39, 0.29) is 5.78 Å². The van der Waals surface area contributed by atoms with Gasteiger partial charge in [-0.15, -0.1) is 11.3 Å². The molecule has 2 nitrogen and oxygen atoms in total. The van der Waals surface area contributed by atoms with Crippen LogP contribution >= 0.6 is 11.3 Å². The molecule has 1 aromatic heterocycles. The van der Waals surface area contributed by atoms with Crippen LogP contribution in [0, 0.1) is 0 Å². The summed E-state index contributed by atoms with van der Waals surface area (Å²) >= 11 is 1.51. The normalized spacial score (nSPS) is 12.6. The molecule has 16 heavy (non-hydrogen) atoms. The van der Waals surface area contributed by atoms with Gasteiger partial charge in [0.15, 0.2) is 5.78 Å². The van der Waals surface area contributed by atoms with Crippen molar-refractivity contribution in [2.75, 3.05) is 6.61 Å². The fourth-order valence-electron chi connectivity index (χ4n) is 1.57. The van der Waals surface area contributed by atoms with E-state index in [1.165, 1.54) is 11.3 Å². The minimum Gasteiger partial charge on any atom is -0.378 e. The molecule has 1 heterocycles. The van der Waals surface area contributed by atoms with Crippen LogP contribution < -0.4 is 0 Å². The highest BCUT2D eigenvalue weighted by atomic mass is 32.1. The van der Waals surface area contributed by atoms with E-state index >= 15 is 0 Å². The molecule has 0 saturated carbocycles. The van der Waals surface area contributed by atoms with E-state index in [1.807, 2.05) is 17.5 Å². The van der Waals surface area contributed by atoms with E-state index in [0.717, 1.165) is 24.1 Å². The number of carbonyl (C=O) groups excluding carboxylic acids is 1. The van der Waals surface area contributed by atoms with E-state index in [9.17, 15) is 4.79 Å². The molecule has 0 bridgehead atoms. The topological polar surface area (TPSA) is 26.3 Å². The molecule has 3 heteroatoms. The molecule has 1 rings (SSSR count). The van der Waals surface area contributed by atoms with Gasteiger partial charge in [-0.25, -0.2) is 0 Å². The highest BCUT2D eigenvalue weighted by molar-refractivity contribution is 7.12. The van der Waals surface area contributed by atoms with E-state index in [2.05, 4.69) is 13.8 Å². The standard InChI is InChI=1S/C13H20O2S/c1-3-6-11(2)15-9-4-7-12(14)13-8-5-10-16-13/h5,8,10-11H,3-4,6-7,9H2,1-2H3. The van der Waals surface area contributed by atoms with E-state index in [0.29, 0.717) is 19.1 Å². The number of rotatable bonds is 8. The van der Waals surface area contributed by atoms with Gasteiger partial charge in [0, 0.05) is 13.0 Å². The first-order valence-electron chi connectivity index (χ1n) is 5.92. The maximum absolute atomic E-state index is 11.6. The predicted octanol–water partition coefficient (Wildman–Crippen LogP) is 3.92. The zero-order valence-electron chi connectivity index (χ0n) is 10.1. The molecule has 0 aliphatic rings. The van der Waals surface area contributed by atoms with Gasteiger partial charge in [-0.3, -0.25) is 4.79 Å². The van der Waals surface area contributed by atoms with Crippen molar-refractivity contribution in [1.29, 1.82) is 0 Å². The summed E-state index contributed by atoms with van der Waals surface area (Å²) in [5.74, 6) is 0.238. The summed E-state index contributed by atoms with van der Waals surface area (Å²) in [7, 11) is 0. The molecule has 0 aliphatic heterocycles. The number of hydrogen-bond donors (Lipinski definition) is 0. The summed E-state index contributed by atoms with van der Waals surface area (Å²) < 4.78 is 5.60. The maximum atomic E-state index is 11.6. The van der Waals surface area contributed by atoms with Crippen LogP contribution in [0.3, 0.4) is 0 Å². The summed E-state index contributed by atoms with van der Waals surface area (Å²) in [6.07, 6.45) is 3.99. The van der Waals surface area contributed by atoms with Crippen LogP contribution in [0.1, 0.15) is 49.2 Å². The number of Topliss-reactive ketones (excluding diaryl/α,β-unsaturated/α-hetero) is 1. The SMILES string of the molecule is CCCC(C)OCCCC(=O)c1cccs1. The molecule has 90 valence electrons. The van der Waals surface area contributed by atoms with Crippen LogP contribution in [-0.4, -0.2) is 18.5 Å². The largest absolute Gasteiger partial charge is 0.378 e. The van der Waals surface area contributed by atoms with Crippen molar-refractivity contribution < 1.29 is 9.53 Å². The molecular formula is C13H20O2S. The molecule has 0 aromatic carbocycles. The third kappa shape index (κ3) is 4.90. The monoisotopic (exact) mass is 240 g/mol. The highest BCUT2D eigenvalue weighted by Crippen LogP contribution is 2.12. The minimum absolute atomic E-state index is 0.238. The minimum atomic E-state index is 0.238. The Morgan fingerprint density at radius 2 is 2.38 bits per heavy atom. The summed E-state index contributed by atoms with van der Waals surface area (Å²) in [6.45, 7) is 4.93. The second-order valence-electron chi connectivity index (χ2n) is 3.97. The molecule has 0 fully saturated rings. The third-order valence-electron chi connectivity index (χ3n) is 2.44. The van der Waals surface area contributed by atoms with Crippen molar-refractivity contribution in [2.45, 2.75) is 45.6 Å². The molecule has 0 amide bonds. The van der Waals surface area contributed by atoms with Gasteiger partial charge >= 0.3 is 0 Å². The predicted molar refractivity (Wildman–Crippen MR) is 68.2 cm³/mol. The van der Waals surface area contributed by atoms with Gasteiger partial charge in [0.1, 0.15) is 0 Å². The fourth-order valence-corrected chi connectivity index (χ4v) is 2.26. The third-order valence-corrected chi connectivity index (χ3v) is 3.35. The average molecular weight is 240 g/mol. The lowest BCUT2D eigenvalue weighted by Gasteiger charge is -2.11. The van der Waals surface area contributed by atoms with Gasteiger partial charge in [-0.1, -0.05) is 19.4 Å². The Balaban J connectivity index is 2.09. The highest BCUT2D eigenvalue weighted by Gasteiger charge is 2.06. The van der Waals surface area contributed by atoms with Crippen molar-refractivity contribution in [3.05, 3.63) is 22.4 Å². The lowest BCUT2D eigenvalue weighted by Crippen LogP contribution is -2.09. The number of ether oxygens (including phenoxy) is 1. The zero-order chi connectivity index (χ0) is 11.8.